The molecule has 0 saturated heterocycles. The summed E-state index contributed by atoms with van der Waals surface area (Å²) < 4.78 is 47.6. The molecule has 0 aromatic carbocycles. The fraction of sp³-hybridized carbons (Fsp3) is 0.368. The number of halogens is 3. The first kappa shape index (κ1) is 19.8. The van der Waals surface area contributed by atoms with Gasteiger partial charge < -0.3 is 9.47 Å². The lowest BCUT2D eigenvalue weighted by Crippen LogP contribution is -2.15. The normalized spacial score (nSPS) is 20.7. The van der Waals surface area contributed by atoms with Gasteiger partial charge in [-0.15, -0.1) is 13.2 Å². The average molecular weight is 366 g/mol. The predicted molar refractivity (Wildman–Crippen MR) is 95.9 cm³/mol. The molecule has 0 N–H and O–H groups in total. The van der Waals surface area contributed by atoms with Crippen molar-refractivity contribution in [2.75, 3.05) is 13.7 Å². The lowest BCUT2D eigenvalue weighted by molar-refractivity contribution is -0.305. The molecule has 0 saturated carbocycles. The zero-order valence-corrected chi connectivity index (χ0v) is 14.9. The molecule has 1 aliphatic heterocycles. The third-order valence-electron chi connectivity index (χ3n) is 3.81. The van der Waals surface area contributed by atoms with Crippen molar-refractivity contribution in [3.05, 3.63) is 58.7 Å². The number of alkyl halides is 3. The van der Waals surface area contributed by atoms with Gasteiger partial charge >= 0.3 is 6.36 Å². The van der Waals surface area contributed by atoms with Crippen LogP contribution in [-0.4, -0.2) is 32.4 Å². The molecule has 0 aromatic rings. The molecule has 0 amide bonds. The fourth-order valence-corrected chi connectivity index (χ4v) is 2.57. The SMILES string of the molecule is C/C=C(\C=NCC)CC1=CC=NC2=CC1C=C(OC(F)(F)F)C(OC)=C2. The van der Waals surface area contributed by atoms with Gasteiger partial charge in [-0.3, -0.25) is 9.98 Å². The van der Waals surface area contributed by atoms with E-state index < -0.39 is 12.3 Å². The van der Waals surface area contributed by atoms with E-state index >= 15 is 0 Å². The van der Waals surface area contributed by atoms with Crippen molar-refractivity contribution in [2.45, 2.75) is 26.6 Å². The first-order valence-electron chi connectivity index (χ1n) is 8.19. The van der Waals surface area contributed by atoms with E-state index in [1.807, 2.05) is 26.0 Å². The quantitative estimate of drug-likeness (QED) is 0.628. The number of methoxy groups -OCH3 is 1. The molecule has 4 nitrogen and oxygen atoms in total. The van der Waals surface area contributed by atoms with Crippen molar-refractivity contribution >= 4 is 12.4 Å². The molecule has 0 aromatic heterocycles. The van der Waals surface area contributed by atoms with Gasteiger partial charge in [-0.1, -0.05) is 11.6 Å². The Morgan fingerprint density at radius 2 is 2.08 bits per heavy atom. The lowest BCUT2D eigenvalue weighted by atomic mass is 9.92. The van der Waals surface area contributed by atoms with Crippen LogP contribution in [0.2, 0.25) is 0 Å². The second-order valence-electron chi connectivity index (χ2n) is 5.60. The molecule has 0 radical (unpaired) electrons. The summed E-state index contributed by atoms with van der Waals surface area (Å²) in [5, 5.41) is 0. The van der Waals surface area contributed by atoms with E-state index in [9.17, 15) is 13.2 Å². The van der Waals surface area contributed by atoms with E-state index in [2.05, 4.69) is 14.7 Å². The molecule has 0 spiro atoms. The van der Waals surface area contributed by atoms with Gasteiger partial charge in [0.2, 0.25) is 0 Å². The van der Waals surface area contributed by atoms with Crippen LogP contribution in [0.5, 0.6) is 0 Å². The second-order valence-corrected chi connectivity index (χ2v) is 5.60. The third-order valence-corrected chi connectivity index (χ3v) is 3.81. The summed E-state index contributed by atoms with van der Waals surface area (Å²) in [5.41, 5.74) is 2.37. The third kappa shape index (κ3) is 5.47. The van der Waals surface area contributed by atoms with Crippen molar-refractivity contribution in [3.63, 3.8) is 0 Å². The molecule has 26 heavy (non-hydrogen) atoms. The van der Waals surface area contributed by atoms with Crippen LogP contribution in [0, 0.1) is 5.92 Å². The highest BCUT2D eigenvalue weighted by Gasteiger charge is 2.34. The molecular formula is C19H21F3N2O2. The van der Waals surface area contributed by atoms with Crippen molar-refractivity contribution in [3.8, 4) is 0 Å². The summed E-state index contributed by atoms with van der Waals surface area (Å²) in [6.07, 6.45) is 7.50. The number of ether oxygens (including phenoxy) is 2. The number of fused-ring (bicyclic) bond motifs is 1. The first-order chi connectivity index (χ1) is 12.4. The topological polar surface area (TPSA) is 43.2 Å². The average Bonchev–Trinajstić information content (AvgIpc) is 2.86. The van der Waals surface area contributed by atoms with Gasteiger partial charge in [-0.25, -0.2) is 0 Å². The van der Waals surface area contributed by atoms with Crippen LogP contribution in [-0.2, 0) is 9.47 Å². The second kappa shape index (κ2) is 8.69. The van der Waals surface area contributed by atoms with Crippen LogP contribution < -0.4 is 0 Å². The van der Waals surface area contributed by atoms with E-state index in [1.165, 1.54) is 19.3 Å². The monoisotopic (exact) mass is 366 g/mol. The van der Waals surface area contributed by atoms with Crippen LogP contribution in [0.15, 0.2) is 68.7 Å². The maximum atomic E-state index is 12.8. The molecule has 1 unspecified atom stereocenters. The molecule has 7 heteroatoms. The molecule has 0 fully saturated rings. The first-order valence-corrected chi connectivity index (χ1v) is 8.19. The number of rotatable bonds is 6. The van der Waals surface area contributed by atoms with E-state index in [-0.39, 0.29) is 11.5 Å². The maximum Gasteiger partial charge on any atom is 0.573 e. The smallest absolute Gasteiger partial charge is 0.493 e. The van der Waals surface area contributed by atoms with E-state index in [1.54, 1.807) is 18.5 Å². The van der Waals surface area contributed by atoms with Gasteiger partial charge in [0.15, 0.2) is 11.5 Å². The number of allylic oxidation sites excluding steroid dienone is 7. The minimum atomic E-state index is -4.81. The van der Waals surface area contributed by atoms with Gasteiger partial charge in [-0.05, 0) is 44.1 Å². The molecule has 1 atom stereocenters. The predicted octanol–water partition coefficient (Wildman–Crippen LogP) is 4.89. The number of hydrogen-bond acceptors (Lipinski definition) is 4. The highest BCUT2D eigenvalue weighted by atomic mass is 19.4. The molecule has 140 valence electrons. The van der Waals surface area contributed by atoms with Gasteiger partial charge in [-0.2, -0.15) is 0 Å². The maximum absolute atomic E-state index is 12.8. The van der Waals surface area contributed by atoms with Crippen LogP contribution in [0.3, 0.4) is 0 Å². The van der Waals surface area contributed by atoms with Gasteiger partial charge in [0.05, 0.1) is 12.8 Å². The Morgan fingerprint density at radius 3 is 2.69 bits per heavy atom. The summed E-state index contributed by atoms with van der Waals surface area (Å²) >= 11 is 0. The van der Waals surface area contributed by atoms with Gasteiger partial charge in [0.25, 0.3) is 0 Å². The molecule has 2 rings (SSSR count). The van der Waals surface area contributed by atoms with E-state index in [0.29, 0.717) is 18.7 Å². The van der Waals surface area contributed by atoms with Crippen LogP contribution in [0.25, 0.3) is 0 Å². The molecule has 2 aliphatic rings. The van der Waals surface area contributed by atoms with Gasteiger partial charge in [0, 0.05) is 31.0 Å². The van der Waals surface area contributed by atoms with Crippen LogP contribution in [0.4, 0.5) is 13.2 Å². The minimum Gasteiger partial charge on any atom is -0.493 e. The number of aliphatic imine (C=N–C) groups is 2. The Morgan fingerprint density at radius 1 is 1.31 bits per heavy atom. The summed E-state index contributed by atoms with van der Waals surface area (Å²) in [5.74, 6) is -0.796. The Hall–Kier alpha value is -2.57. The fourth-order valence-electron chi connectivity index (χ4n) is 2.57. The molecule has 1 aliphatic carbocycles. The number of nitrogens with zero attached hydrogens (tertiary/aromatic N) is 2. The minimum absolute atomic E-state index is 0.0201. The number of hydrogen-bond donors (Lipinski definition) is 0. The summed E-state index contributed by atoms with van der Waals surface area (Å²) in [4.78, 5) is 8.49. The Balaban J connectivity index is 2.37. The molecule has 1 heterocycles. The Bertz CT molecular complexity index is 738. The van der Waals surface area contributed by atoms with Crippen molar-refractivity contribution in [2.24, 2.45) is 15.9 Å². The van der Waals surface area contributed by atoms with E-state index in [4.69, 9.17) is 4.74 Å². The zero-order valence-electron chi connectivity index (χ0n) is 14.9. The highest BCUT2D eigenvalue weighted by molar-refractivity contribution is 5.81. The largest absolute Gasteiger partial charge is 0.573 e. The molecule has 2 bridgehead atoms. The van der Waals surface area contributed by atoms with Crippen molar-refractivity contribution in [1.29, 1.82) is 0 Å². The van der Waals surface area contributed by atoms with Gasteiger partial charge in [0.1, 0.15) is 0 Å². The summed E-state index contributed by atoms with van der Waals surface area (Å²) in [6.45, 7) is 4.49. The van der Waals surface area contributed by atoms with Crippen LogP contribution >= 0.6 is 0 Å². The summed E-state index contributed by atoms with van der Waals surface area (Å²) in [7, 11) is 1.29. The Labute approximate surface area is 150 Å². The lowest BCUT2D eigenvalue weighted by Gasteiger charge is -2.17. The van der Waals surface area contributed by atoms with Crippen LogP contribution in [0.1, 0.15) is 20.3 Å². The summed E-state index contributed by atoms with van der Waals surface area (Å²) in [6, 6.07) is 0. The Kier molecular flexibility index (Phi) is 6.60. The van der Waals surface area contributed by atoms with Crippen molar-refractivity contribution in [1.82, 2.24) is 0 Å². The highest BCUT2D eigenvalue weighted by Crippen LogP contribution is 2.34. The standard InChI is InChI=1S/C19H21F3N2O2/c1-4-13(12-23-5-2)8-14-6-7-24-16-9-15(14)10-18(17(11-16)25-3)26-19(20,21)22/h4,6-7,9-12,15H,5,8H2,1-3H3/b13-4-,23-12?. The van der Waals surface area contributed by atoms with E-state index in [0.717, 1.165) is 11.1 Å². The molecular weight excluding hydrogens is 345 g/mol. The van der Waals surface area contributed by atoms with Crippen molar-refractivity contribution < 1.29 is 22.6 Å². The zero-order chi connectivity index (χ0) is 19.2.